The van der Waals surface area contributed by atoms with Gasteiger partial charge >= 0.3 is 5.97 Å². The molecule has 0 bridgehead atoms. The van der Waals surface area contributed by atoms with E-state index >= 15 is 0 Å². The zero-order valence-electron chi connectivity index (χ0n) is 12.8. The number of nitrogens with two attached hydrogens (primary N) is 1. The molecule has 0 aromatic heterocycles. The Morgan fingerprint density at radius 2 is 2.00 bits per heavy atom. The van der Waals surface area contributed by atoms with Crippen LogP contribution in [0.1, 0.15) is 38.3 Å². The Morgan fingerprint density at radius 3 is 2.67 bits per heavy atom. The molecule has 1 unspecified atom stereocenters. The highest BCUT2D eigenvalue weighted by molar-refractivity contribution is 5.69. The third-order valence-corrected chi connectivity index (χ3v) is 3.62. The van der Waals surface area contributed by atoms with E-state index in [2.05, 4.69) is 0 Å². The van der Waals surface area contributed by atoms with E-state index in [-0.39, 0.29) is 17.4 Å². The van der Waals surface area contributed by atoms with Crippen LogP contribution in [-0.4, -0.2) is 26.3 Å². The van der Waals surface area contributed by atoms with Gasteiger partial charge in [0.2, 0.25) is 0 Å². The summed E-state index contributed by atoms with van der Waals surface area (Å²) in [4.78, 5) is 11.4. The van der Waals surface area contributed by atoms with Gasteiger partial charge in [-0.1, -0.05) is 19.9 Å². The number of methoxy groups -OCH3 is 1. The summed E-state index contributed by atoms with van der Waals surface area (Å²) in [5, 5.41) is 0. The number of hydrogen-bond donors (Lipinski definition) is 1. The smallest absolute Gasteiger partial charge is 0.306 e. The van der Waals surface area contributed by atoms with Crippen molar-refractivity contribution in [2.45, 2.75) is 32.7 Å². The van der Waals surface area contributed by atoms with E-state index in [0.717, 1.165) is 17.1 Å². The maximum absolute atomic E-state index is 11.4. The molecule has 0 saturated carbocycles. The average molecular weight is 293 g/mol. The van der Waals surface area contributed by atoms with Gasteiger partial charge in [-0.15, -0.1) is 0 Å². The Kier molecular flexibility index (Phi) is 4.73. The molecule has 0 radical (unpaired) electrons. The molecular weight excluding hydrogens is 270 g/mol. The Labute approximate surface area is 125 Å². The van der Waals surface area contributed by atoms with Crippen LogP contribution in [-0.2, 0) is 9.53 Å². The molecule has 1 atom stereocenters. The van der Waals surface area contributed by atoms with Crippen molar-refractivity contribution in [3.8, 4) is 11.5 Å². The summed E-state index contributed by atoms with van der Waals surface area (Å²) < 4.78 is 15.8. The van der Waals surface area contributed by atoms with Crippen molar-refractivity contribution >= 4 is 5.97 Å². The minimum Gasteiger partial charge on any atom is -0.486 e. The number of ether oxygens (including phenoxy) is 3. The molecule has 5 nitrogen and oxygen atoms in total. The second-order valence-corrected chi connectivity index (χ2v) is 6.13. The summed E-state index contributed by atoms with van der Waals surface area (Å²) in [6.07, 6.45) is 1.03. The zero-order valence-corrected chi connectivity index (χ0v) is 12.8. The molecule has 0 fully saturated rings. The fourth-order valence-corrected chi connectivity index (χ4v) is 2.54. The minimum absolute atomic E-state index is 0.166. The lowest BCUT2D eigenvalue weighted by Crippen LogP contribution is -2.25. The molecule has 1 aliphatic rings. The van der Waals surface area contributed by atoms with Crippen molar-refractivity contribution in [2.75, 3.05) is 20.3 Å². The van der Waals surface area contributed by atoms with Crippen molar-refractivity contribution < 1.29 is 19.0 Å². The first-order chi connectivity index (χ1) is 9.91. The number of esters is 1. The Morgan fingerprint density at radius 1 is 1.33 bits per heavy atom. The molecule has 1 aliphatic heterocycles. The summed E-state index contributed by atoms with van der Waals surface area (Å²) >= 11 is 0. The van der Waals surface area contributed by atoms with Crippen molar-refractivity contribution in [3.63, 3.8) is 0 Å². The van der Waals surface area contributed by atoms with Crippen molar-refractivity contribution in [1.82, 2.24) is 0 Å². The monoisotopic (exact) mass is 293 g/mol. The SMILES string of the molecule is COC(=O)CC(C)(C)CC(N)c1ccc2c(c1)OCCO2. The summed E-state index contributed by atoms with van der Waals surface area (Å²) in [5.41, 5.74) is 7.04. The van der Waals surface area contributed by atoms with Gasteiger partial charge in [-0.2, -0.15) is 0 Å². The molecule has 0 saturated heterocycles. The molecule has 0 aliphatic carbocycles. The molecule has 1 aromatic carbocycles. The Bertz CT molecular complexity index is 513. The molecule has 1 aromatic rings. The predicted octanol–water partition coefficient (Wildman–Crippen LogP) is 2.44. The van der Waals surface area contributed by atoms with Crippen LogP contribution in [0.5, 0.6) is 11.5 Å². The molecule has 21 heavy (non-hydrogen) atoms. The van der Waals surface area contributed by atoms with Gasteiger partial charge in [0.05, 0.1) is 13.5 Å². The lowest BCUT2D eigenvalue weighted by Gasteiger charge is -2.27. The second kappa shape index (κ2) is 6.35. The van der Waals surface area contributed by atoms with Crippen molar-refractivity contribution in [3.05, 3.63) is 23.8 Å². The number of hydrogen-bond acceptors (Lipinski definition) is 5. The van der Waals surface area contributed by atoms with Crippen molar-refractivity contribution in [2.24, 2.45) is 11.1 Å². The topological polar surface area (TPSA) is 70.8 Å². The number of carbonyl (C=O) groups is 1. The number of benzene rings is 1. The van der Waals surface area contributed by atoms with Crippen molar-refractivity contribution in [1.29, 1.82) is 0 Å². The first-order valence-corrected chi connectivity index (χ1v) is 7.13. The lowest BCUT2D eigenvalue weighted by atomic mass is 9.81. The molecular formula is C16H23NO4. The van der Waals surface area contributed by atoms with E-state index in [1.165, 1.54) is 7.11 Å². The fraction of sp³-hybridized carbons (Fsp3) is 0.562. The van der Waals surface area contributed by atoms with E-state index in [4.69, 9.17) is 19.9 Å². The molecule has 1 heterocycles. The van der Waals surface area contributed by atoms with E-state index in [1.807, 2.05) is 32.0 Å². The second-order valence-electron chi connectivity index (χ2n) is 6.13. The normalized spacial score (nSPS) is 15.4. The summed E-state index contributed by atoms with van der Waals surface area (Å²) in [6.45, 7) is 5.16. The van der Waals surface area contributed by atoms with Crippen LogP contribution in [0.15, 0.2) is 18.2 Å². The molecule has 2 rings (SSSR count). The van der Waals surface area contributed by atoms with E-state index in [0.29, 0.717) is 26.1 Å². The largest absolute Gasteiger partial charge is 0.486 e. The zero-order chi connectivity index (χ0) is 15.5. The third kappa shape index (κ3) is 4.11. The minimum atomic E-state index is -0.222. The number of carbonyl (C=O) groups excluding carboxylic acids is 1. The van der Waals surface area contributed by atoms with Gasteiger partial charge in [0.15, 0.2) is 11.5 Å². The van der Waals surface area contributed by atoms with Crippen LogP contribution in [0.3, 0.4) is 0 Å². The first kappa shape index (κ1) is 15.6. The van der Waals surface area contributed by atoms with Crippen LogP contribution < -0.4 is 15.2 Å². The van der Waals surface area contributed by atoms with Crippen LogP contribution in [0.2, 0.25) is 0 Å². The van der Waals surface area contributed by atoms with Crippen LogP contribution in [0.4, 0.5) is 0 Å². The first-order valence-electron chi connectivity index (χ1n) is 7.13. The van der Waals surface area contributed by atoms with Gasteiger partial charge in [0.1, 0.15) is 13.2 Å². The lowest BCUT2D eigenvalue weighted by molar-refractivity contribution is -0.143. The molecule has 116 valence electrons. The fourth-order valence-electron chi connectivity index (χ4n) is 2.54. The maximum Gasteiger partial charge on any atom is 0.306 e. The maximum atomic E-state index is 11.4. The molecule has 2 N–H and O–H groups in total. The number of rotatable bonds is 5. The van der Waals surface area contributed by atoms with E-state index in [9.17, 15) is 4.79 Å². The van der Waals surface area contributed by atoms with Gasteiger partial charge in [-0.05, 0) is 29.5 Å². The highest BCUT2D eigenvalue weighted by atomic mass is 16.6. The summed E-state index contributed by atoms with van der Waals surface area (Å²) in [6, 6.07) is 5.59. The Hall–Kier alpha value is -1.75. The Balaban J connectivity index is 2.06. The summed E-state index contributed by atoms with van der Waals surface area (Å²) in [7, 11) is 1.40. The summed E-state index contributed by atoms with van der Waals surface area (Å²) in [5.74, 6) is 1.28. The molecule has 5 heteroatoms. The van der Waals surface area contributed by atoms with Gasteiger partial charge in [-0.3, -0.25) is 4.79 Å². The van der Waals surface area contributed by atoms with E-state index in [1.54, 1.807) is 0 Å². The standard InChI is InChI=1S/C16H23NO4/c1-16(2,10-15(18)19-3)9-12(17)11-4-5-13-14(8-11)21-7-6-20-13/h4-5,8,12H,6-7,9-10,17H2,1-3H3. The number of fused-ring (bicyclic) bond motifs is 1. The predicted molar refractivity (Wildman–Crippen MR) is 79.4 cm³/mol. The van der Waals surface area contributed by atoms with Gasteiger partial charge in [0, 0.05) is 6.04 Å². The van der Waals surface area contributed by atoms with Crippen LogP contribution >= 0.6 is 0 Å². The quantitative estimate of drug-likeness (QED) is 0.844. The average Bonchev–Trinajstić information content (AvgIpc) is 2.45. The molecule has 0 spiro atoms. The van der Waals surface area contributed by atoms with Gasteiger partial charge in [-0.25, -0.2) is 0 Å². The van der Waals surface area contributed by atoms with Gasteiger partial charge < -0.3 is 19.9 Å². The van der Waals surface area contributed by atoms with E-state index < -0.39 is 0 Å². The van der Waals surface area contributed by atoms with Gasteiger partial charge in [0.25, 0.3) is 0 Å². The highest BCUT2D eigenvalue weighted by Gasteiger charge is 2.26. The third-order valence-electron chi connectivity index (χ3n) is 3.62. The van der Waals surface area contributed by atoms with Crippen LogP contribution in [0, 0.1) is 5.41 Å². The highest BCUT2D eigenvalue weighted by Crippen LogP contribution is 2.36. The molecule has 0 amide bonds. The van der Waals surface area contributed by atoms with Crippen LogP contribution in [0.25, 0.3) is 0 Å².